The summed E-state index contributed by atoms with van der Waals surface area (Å²) in [7, 11) is 0. The highest BCUT2D eigenvalue weighted by molar-refractivity contribution is 5.92. The van der Waals surface area contributed by atoms with Crippen molar-refractivity contribution in [2.24, 2.45) is 0 Å². The van der Waals surface area contributed by atoms with E-state index in [-0.39, 0.29) is 5.91 Å². The highest BCUT2D eigenvalue weighted by Gasteiger charge is 2.22. The molecule has 26 heavy (non-hydrogen) atoms. The monoisotopic (exact) mass is 354 g/mol. The first kappa shape index (κ1) is 18.6. The molecule has 2 heterocycles. The average Bonchev–Trinajstić information content (AvgIpc) is 2.99. The van der Waals surface area contributed by atoms with Crippen LogP contribution in [0.25, 0.3) is 0 Å². The molecule has 0 radical (unpaired) electrons. The Labute approximate surface area is 156 Å². The molecule has 5 heteroatoms. The van der Waals surface area contributed by atoms with E-state index >= 15 is 0 Å². The first-order valence-corrected chi connectivity index (χ1v) is 9.85. The molecule has 0 aliphatic carbocycles. The highest BCUT2D eigenvalue weighted by Crippen LogP contribution is 2.11. The fraction of sp³-hybridized carbons (Fsp3) is 0.524. The van der Waals surface area contributed by atoms with Gasteiger partial charge >= 0.3 is 0 Å². The number of amides is 1. The summed E-state index contributed by atoms with van der Waals surface area (Å²) < 4.78 is 1.84. The molecular weight excluding hydrogens is 324 g/mol. The van der Waals surface area contributed by atoms with E-state index in [9.17, 15) is 4.79 Å². The molecule has 1 amide bonds. The van der Waals surface area contributed by atoms with Crippen LogP contribution in [0.4, 0.5) is 0 Å². The Morgan fingerprint density at radius 3 is 2.69 bits per heavy atom. The van der Waals surface area contributed by atoms with E-state index in [0.29, 0.717) is 0 Å². The van der Waals surface area contributed by atoms with Crippen LogP contribution < -0.4 is 0 Å². The van der Waals surface area contributed by atoms with E-state index in [2.05, 4.69) is 47.3 Å². The number of carbonyl (C=O) groups is 1. The fourth-order valence-corrected chi connectivity index (χ4v) is 3.62. The summed E-state index contributed by atoms with van der Waals surface area (Å²) in [6.45, 7) is 7.69. The highest BCUT2D eigenvalue weighted by atomic mass is 16.2. The van der Waals surface area contributed by atoms with Gasteiger partial charge in [0.05, 0.1) is 0 Å². The number of nitrogens with zero attached hydrogens (tertiary/aromatic N) is 4. The maximum Gasteiger partial charge on any atom is 0.272 e. The van der Waals surface area contributed by atoms with Crippen LogP contribution >= 0.6 is 0 Å². The van der Waals surface area contributed by atoms with E-state index in [4.69, 9.17) is 0 Å². The van der Waals surface area contributed by atoms with E-state index in [1.165, 1.54) is 12.0 Å². The lowest BCUT2D eigenvalue weighted by Crippen LogP contribution is -2.36. The molecule has 140 valence electrons. The molecule has 0 atom stereocenters. The Hall–Kier alpha value is -2.14. The molecule has 1 saturated heterocycles. The maximum absolute atomic E-state index is 12.9. The van der Waals surface area contributed by atoms with Gasteiger partial charge in [-0.1, -0.05) is 37.3 Å². The van der Waals surface area contributed by atoms with Gasteiger partial charge in [-0.25, -0.2) is 0 Å². The molecule has 0 spiro atoms. The number of benzene rings is 1. The van der Waals surface area contributed by atoms with Crippen molar-refractivity contribution in [1.82, 2.24) is 19.6 Å². The summed E-state index contributed by atoms with van der Waals surface area (Å²) in [5.41, 5.74) is 2.13. The normalized spacial score (nSPS) is 15.8. The zero-order chi connectivity index (χ0) is 18.2. The van der Waals surface area contributed by atoms with Crippen molar-refractivity contribution in [2.75, 3.05) is 32.7 Å². The van der Waals surface area contributed by atoms with Crippen LogP contribution in [-0.2, 0) is 13.0 Å². The summed E-state index contributed by atoms with van der Waals surface area (Å²) in [6, 6.07) is 12.5. The van der Waals surface area contributed by atoms with Crippen LogP contribution in [0, 0.1) is 0 Å². The summed E-state index contributed by atoms with van der Waals surface area (Å²) in [5.74, 6) is 0.127. The number of aromatic nitrogens is 2. The van der Waals surface area contributed by atoms with Gasteiger partial charge in [-0.2, -0.15) is 5.10 Å². The van der Waals surface area contributed by atoms with E-state index < -0.39 is 0 Å². The van der Waals surface area contributed by atoms with Crippen LogP contribution in [0.15, 0.2) is 42.6 Å². The van der Waals surface area contributed by atoms with E-state index in [0.717, 1.165) is 64.2 Å². The quantitative estimate of drug-likeness (QED) is 0.767. The molecule has 1 aromatic heterocycles. The third-order valence-corrected chi connectivity index (χ3v) is 5.03. The fourth-order valence-electron chi connectivity index (χ4n) is 3.62. The largest absolute Gasteiger partial charge is 0.336 e. The van der Waals surface area contributed by atoms with Gasteiger partial charge in [0.25, 0.3) is 5.91 Å². The minimum Gasteiger partial charge on any atom is -0.336 e. The summed E-state index contributed by atoms with van der Waals surface area (Å²) in [6.07, 6.45) is 6.05. The topological polar surface area (TPSA) is 41.4 Å². The second kappa shape index (κ2) is 9.53. The molecular formula is C21H30N4O. The Balaban J connectivity index is 1.48. The third-order valence-electron chi connectivity index (χ3n) is 5.03. The van der Waals surface area contributed by atoms with Crippen molar-refractivity contribution in [2.45, 2.75) is 39.2 Å². The minimum atomic E-state index is 0.127. The van der Waals surface area contributed by atoms with Gasteiger partial charge < -0.3 is 9.80 Å². The van der Waals surface area contributed by atoms with Gasteiger partial charge in [0.15, 0.2) is 0 Å². The van der Waals surface area contributed by atoms with E-state index in [1.807, 2.05) is 15.6 Å². The maximum atomic E-state index is 12.9. The summed E-state index contributed by atoms with van der Waals surface area (Å²) >= 11 is 0. The van der Waals surface area contributed by atoms with Crippen molar-refractivity contribution in [3.05, 3.63) is 53.9 Å². The molecule has 1 aliphatic rings. The molecule has 0 bridgehead atoms. The van der Waals surface area contributed by atoms with Crippen molar-refractivity contribution < 1.29 is 4.79 Å². The molecule has 0 unspecified atom stereocenters. The lowest BCUT2D eigenvalue weighted by Gasteiger charge is -2.22. The molecule has 3 rings (SSSR count). The Bertz CT molecular complexity index is 682. The van der Waals surface area contributed by atoms with Gasteiger partial charge in [0.2, 0.25) is 0 Å². The molecule has 5 nitrogen and oxygen atoms in total. The smallest absolute Gasteiger partial charge is 0.272 e. The number of rotatable bonds is 7. The molecule has 2 aromatic rings. The Morgan fingerprint density at radius 1 is 1.04 bits per heavy atom. The van der Waals surface area contributed by atoms with Crippen LogP contribution in [0.3, 0.4) is 0 Å². The van der Waals surface area contributed by atoms with Gasteiger partial charge in [0.1, 0.15) is 5.69 Å². The molecule has 0 N–H and O–H groups in total. The summed E-state index contributed by atoms with van der Waals surface area (Å²) in [5, 5.41) is 4.29. The van der Waals surface area contributed by atoms with Crippen LogP contribution in [0.1, 0.15) is 42.2 Å². The second-order valence-electron chi connectivity index (χ2n) is 7.02. The van der Waals surface area contributed by atoms with Crippen LogP contribution in [0.5, 0.6) is 0 Å². The van der Waals surface area contributed by atoms with Crippen LogP contribution in [-0.4, -0.2) is 58.2 Å². The Morgan fingerprint density at radius 2 is 1.88 bits per heavy atom. The van der Waals surface area contributed by atoms with Gasteiger partial charge in [-0.15, -0.1) is 0 Å². The SMILES string of the molecule is CCCn1nccc1C(=O)N1CCCN(CCCc2ccccc2)CC1. The summed E-state index contributed by atoms with van der Waals surface area (Å²) in [4.78, 5) is 17.4. The van der Waals surface area contributed by atoms with Crippen molar-refractivity contribution in [3.63, 3.8) is 0 Å². The number of aryl methyl sites for hydroxylation is 2. The van der Waals surface area contributed by atoms with Crippen LogP contribution in [0.2, 0.25) is 0 Å². The predicted octanol–water partition coefficient (Wildman–Crippen LogP) is 3.07. The van der Waals surface area contributed by atoms with Gasteiger partial charge in [-0.05, 0) is 50.4 Å². The first-order chi connectivity index (χ1) is 12.8. The zero-order valence-electron chi connectivity index (χ0n) is 15.8. The molecule has 1 aromatic carbocycles. The standard InChI is InChI=1S/C21H30N4O/c1-2-13-25-20(11-12-22-25)21(26)24-16-7-15-23(17-18-24)14-6-10-19-8-4-3-5-9-19/h3-5,8-9,11-12H,2,6-7,10,13-18H2,1H3. The lowest BCUT2D eigenvalue weighted by molar-refractivity contribution is 0.0748. The van der Waals surface area contributed by atoms with Crippen molar-refractivity contribution in [1.29, 1.82) is 0 Å². The van der Waals surface area contributed by atoms with Gasteiger partial charge in [0, 0.05) is 32.4 Å². The lowest BCUT2D eigenvalue weighted by atomic mass is 10.1. The zero-order valence-corrected chi connectivity index (χ0v) is 15.8. The molecule has 1 aliphatic heterocycles. The van der Waals surface area contributed by atoms with Crippen molar-refractivity contribution >= 4 is 5.91 Å². The van der Waals surface area contributed by atoms with Gasteiger partial charge in [-0.3, -0.25) is 9.48 Å². The first-order valence-electron chi connectivity index (χ1n) is 9.85. The third kappa shape index (κ3) is 4.94. The number of carbonyl (C=O) groups excluding carboxylic acids is 1. The predicted molar refractivity (Wildman–Crippen MR) is 104 cm³/mol. The minimum absolute atomic E-state index is 0.127. The second-order valence-corrected chi connectivity index (χ2v) is 7.02. The number of hydrogen-bond donors (Lipinski definition) is 0. The Kier molecular flexibility index (Phi) is 6.83. The molecule has 0 saturated carbocycles. The van der Waals surface area contributed by atoms with Crippen molar-refractivity contribution in [3.8, 4) is 0 Å². The van der Waals surface area contributed by atoms with E-state index in [1.54, 1.807) is 6.20 Å². The average molecular weight is 354 g/mol. The molecule has 1 fully saturated rings. The number of hydrogen-bond acceptors (Lipinski definition) is 3.